The summed E-state index contributed by atoms with van der Waals surface area (Å²) in [6.07, 6.45) is 1.94. The molecule has 2 aromatic rings. The van der Waals surface area contributed by atoms with Gasteiger partial charge >= 0.3 is 0 Å². The normalized spacial score (nSPS) is 16.7. The number of rotatable bonds is 4. The van der Waals surface area contributed by atoms with Gasteiger partial charge in [0.2, 0.25) is 0 Å². The second kappa shape index (κ2) is 6.98. The summed E-state index contributed by atoms with van der Waals surface area (Å²) >= 11 is 0. The summed E-state index contributed by atoms with van der Waals surface area (Å²) in [5.74, 6) is 0.575. The van der Waals surface area contributed by atoms with Gasteiger partial charge in [-0.1, -0.05) is 0 Å². The lowest BCUT2D eigenvalue weighted by Crippen LogP contribution is -2.34. The molecule has 130 valence electrons. The molecule has 1 saturated heterocycles. The number of aromatic nitrogens is 2. The molecule has 1 aromatic heterocycles. The highest BCUT2D eigenvalue weighted by molar-refractivity contribution is 5.78. The number of carbonyl (C=O) groups excluding carboxylic acids is 1. The van der Waals surface area contributed by atoms with Crippen molar-refractivity contribution in [1.82, 2.24) is 14.7 Å². The molecule has 1 amide bonds. The second-order valence-electron chi connectivity index (χ2n) is 6.38. The first kappa shape index (κ1) is 17.0. The van der Waals surface area contributed by atoms with Crippen molar-refractivity contribution in [3.63, 3.8) is 0 Å². The van der Waals surface area contributed by atoms with Gasteiger partial charge in [-0.2, -0.15) is 10.4 Å². The van der Waals surface area contributed by atoms with Crippen LogP contribution in [0, 0.1) is 25.2 Å². The Morgan fingerprint density at radius 1 is 1.36 bits per heavy atom. The van der Waals surface area contributed by atoms with Gasteiger partial charge in [-0.05, 0) is 51.0 Å². The number of nitrogens with zero attached hydrogens (tertiary/aromatic N) is 4. The second-order valence-corrected chi connectivity index (χ2v) is 6.38. The third kappa shape index (κ3) is 3.36. The number of ether oxygens (including phenoxy) is 1. The highest BCUT2D eigenvalue weighted by Crippen LogP contribution is 2.35. The van der Waals surface area contributed by atoms with E-state index in [4.69, 9.17) is 10.00 Å². The fourth-order valence-electron chi connectivity index (χ4n) is 3.49. The SMILES string of the molecule is Cc1nn(C)c(C)c1C1CCCN1C(=O)COc1ccc(C#N)cc1. The summed E-state index contributed by atoms with van der Waals surface area (Å²) in [4.78, 5) is 14.6. The Bertz CT molecular complexity index is 817. The number of hydrogen-bond acceptors (Lipinski definition) is 4. The maximum Gasteiger partial charge on any atom is 0.261 e. The van der Waals surface area contributed by atoms with E-state index in [1.807, 2.05) is 30.5 Å². The summed E-state index contributed by atoms with van der Waals surface area (Å²) in [6.45, 7) is 4.79. The Hall–Kier alpha value is -2.81. The molecule has 6 heteroatoms. The van der Waals surface area contributed by atoms with Crippen LogP contribution in [-0.4, -0.2) is 33.7 Å². The van der Waals surface area contributed by atoms with Crippen LogP contribution in [0.2, 0.25) is 0 Å². The number of benzene rings is 1. The Labute approximate surface area is 147 Å². The van der Waals surface area contributed by atoms with Crippen LogP contribution >= 0.6 is 0 Å². The zero-order chi connectivity index (χ0) is 18.0. The number of aryl methyl sites for hydroxylation is 2. The molecule has 0 aliphatic carbocycles. The van der Waals surface area contributed by atoms with Crippen LogP contribution in [0.4, 0.5) is 0 Å². The number of nitriles is 1. The van der Waals surface area contributed by atoms with E-state index in [1.54, 1.807) is 24.3 Å². The van der Waals surface area contributed by atoms with Crippen molar-refractivity contribution >= 4 is 5.91 Å². The predicted octanol–water partition coefficient (Wildman–Crippen LogP) is 2.65. The summed E-state index contributed by atoms with van der Waals surface area (Å²) < 4.78 is 7.48. The molecule has 1 fully saturated rings. The van der Waals surface area contributed by atoms with Crippen LogP contribution in [0.1, 0.15) is 41.4 Å². The van der Waals surface area contributed by atoms with Gasteiger partial charge in [-0.15, -0.1) is 0 Å². The molecule has 1 atom stereocenters. The highest BCUT2D eigenvalue weighted by atomic mass is 16.5. The van der Waals surface area contributed by atoms with Crippen LogP contribution in [0.15, 0.2) is 24.3 Å². The van der Waals surface area contributed by atoms with Gasteiger partial charge in [0.15, 0.2) is 6.61 Å². The van der Waals surface area contributed by atoms with Gasteiger partial charge in [0, 0.05) is 24.8 Å². The van der Waals surface area contributed by atoms with Gasteiger partial charge in [0.25, 0.3) is 5.91 Å². The largest absolute Gasteiger partial charge is 0.484 e. The van der Waals surface area contributed by atoms with Gasteiger partial charge in [0.1, 0.15) is 5.75 Å². The molecule has 1 aliphatic rings. The van der Waals surface area contributed by atoms with Gasteiger partial charge < -0.3 is 9.64 Å². The topological polar surface area (TPSA) is 71.2 Å². The van der Waals surface area contributed by atoms with Crippen LogP contribution in [0.25, 0.3) is 0 Å². The van der Waals surface area contributed by atoms with E-state index in [1.165, 1.54) is 0 Å². The number of likely N-dealkylation sites (tertiary alicyclic amines) is 1. The number of hydrogen-bond donors (Lipinski definition) is 0. The average Bonchev–Trinajstić information content (AvgIpc) is 3.18. The van der Waals surface area contributed by atoms with Crippen molar-refractivity contribution in [3.8, 4) is 11.8 Å². The minimum Gasteiger partial charge on any atom is -0.484 e. The van der Waals surface area contributed by atoms with E-state index in [2.05, 4.69) is 11.2 Å². The standard InChI is InChI=1S/C19H22N4O2/c1-13-19(14(2)22(3)21-13)17-5-4-10-23(17)18(24)12-25-16-8-6-15(11-20)7-9-16/h6-9,17H,4-5,10,12H2,1-3H3. The first-order valence-electron chi connectivity index (χ1n) is 8.43. The first-order chi connectivity index (χ1) is 12.0. The van der Waals surface area contributed by atoms with Crippen molar-refractivity contribution < 1.29 is 9.53 Å². The lowest BCUT2D eigenvalue weighted by atomic mass is 10.0. The Morgan fingerprint density at radius 3 is 2.68 bits per heavy atom. The van der Waals surface area contributed by atoms with Crippen LogP contribution in [-0.2, 0) is 11.8 Å². The average molecular weight is 338 g/mol. The minimum atomic E-state index is -0.0190. The molecule has 25 heavy (non-hydrogen) atoms. The van der Waals surface area contributed by atoms with Crippen LogP contribution in [0.5, 0.6) is 5.75 Å². The van der Waals surface area contributed by atoms with Crippen molar-refractivity contribution in [2.45, 2.75) is 32.7 Å². The molecule has 0 spiro atoms. The third-order valence-corrected chi connectivity index (χ3v) is 4.82. The molecule has 2 heterocycles. The number of amides is 1. The highest BCUT2D eigenvalue weighted by Gasteiger charge is 2.33. The van der Waals surface area contributed by atoms with E-state index in [-0.39, 0.29) is 18.6 Å². The minimum absolute atomic E-state index is 0.000752. The zero-order valence-electron chi connectivity index (χ0n) is 14.8. The Morgan fingerprint density at radius 2 is 2.08 bits per heavy atom. The van der Waals surface area contributed by atoms with Crippen LogP contribution in [0.3, 0.4) is 0 Å². The molecule has 1 aromatic carbocycles. The summed E-state index contributed by atoms with van der Waals surface area (Å²) in [5, 5.41) is 13.3. The van der Waals surface area contributed by atoms with Crippen molar-refractivity contribution in [1.29, 1.82) is 5.26 Å². The van der Waals surface area contributed by atoms with E-state index in [0.29, 0.717) is 11.3 Å². The fourth-order valence-corrected chi connectivity index (χ4v) is 3.49. The summed E-state index contributed by atoms with van der Waals surface area (Å²) in [7, 11) is 1.93. The predicted molar refractivity (Wildman–Crippen MR) is 93.0 cm³/mol. The maximum absolute atomic E-state index is 12.7. The van der Waals surface area contributed by atoms with Crippen molar-refractivity contribution in [3.05, 3.63) is 46.8 Å². The molecule has 6 nitrogen and oxygen atoms in total. The maximum atomic E-state index is 12.7. The van der Waals surface area contributed by atoms with Gasteiger partial charge in [-0.3, -0.25) is 9.48 Å². The molecule has 0 N–H and O–H groups in total. The summed E-state index contributed by atoms with van der Waals surface area (Å²) in [5.41, 5.74) is 3.82. The fraction of sp³-hybridized carbons (Fsp3) is 0.421. The molecule has 3 rings (SSSR count). The van der Waals surface area contributed by atoms with Gasteiger partial charge in [-0.25, -0.2) is 0 Å². The Balaban J connectivity index is 1.69. The number of carbonyl (C=O) groups is 1. The monoisotopic (exact) mass is 338 g/mol. The van der Waals surface area contributed by atoms with Crippen LogP contribution < -0.4 is 4.74 Å². The van der Waals surface area contributed by atoms with Gasteiger partial charge in [0.05, 0.1) is 23.4 Å². The molecular weight excluding hydrogens is 316 g/mol. The molecule has 0 bridgehead atoms. The molecular formula is C19H22N4O2. The summed E-state index contributed by atoms with van der Waals surface area (Å²) in [6, 6.07) is 8.92. The molecule has 1 unspecified atom stereocenters. The van der Waals surface area contributed by atoms with Crippen molar-refractivity contribution in [2.24, 2.45) is 7.05 Å². The smallest absolute Gasteiger partial charge is 0.261 e. The molecule has 0 radical (unpaired) electrons. The quantitative estimate of drug-likeness (QED) is 0.859. The third-order valence-electron chi connectivity index (χ3n) is 4.82. The van der Waals surface area contributed by atoms with Crippen molar-refractivity contribution in [2.75, 3.05) is 13.2 Å². The van der Waals surface area contributed by atoms with E-state index < -0.39 is 0 Å². The first-order valence-corrected chi connectivity index (χ1v) is 8.43. The Kier molecular flexibility index (Phi) is 4.75. The van der Waals surface area contributed by atoms with E-state index in [0.717, 1.165) is 36.3 Å². The lowest BCUT2D eigenvalue weighted by molar-refractivity contribution is -0.134. The van der Waals surface area contributed by atoms with E-state index >= 15 is 0 Å². The zero-order valence-corrected chi connectivity index (χ0v) is 14.8. The van der Waals surface area contributed by atoms with E-state index in [9.17, 15) is 4.79 Å². The molecule has 0 saturated carbocycles. The lowest BCUT2D eigenvalue weighted by Gasteiger charge is -2.25. The molecule has 1 aliphatic heterocycles.